The number of benzene rings is 3. The van der Waals surface area contributed by atoms with E-state index in [2.05, 4.69) is 5.32 Å². The first kappa shape index (κ1) is 19.8. The van der Waals surface area contributed by atoms with Gasteiger partial charge in [0, 0.05) is 16.3 Å². The smallest absolute Gasteiger partial charge is 0.295 e. The maximum atomic E-state index is 12.4. The van der Waals surface area contributed by atoms with E-state index in [-0.39, 0.29) is 16.6 Å². The van der Waals surface area contributed by atoms with Gasteiger partial charge in [0.1, 0.15) is 15.5 Å². The Morgan fingerprint density at radius 3 is 2.14 bits per heavy atom. The van der Waals surface area contributed by atoms with Crippen molar-refractivity contribution in [2.75, 3.05) is 5.32 Å². The van der Waals surface area contributed by atoms with Crippen molar-refractivity contribution < 1.29 is 35.8 Å². The summed E-state index contributed by atoms with van der Waals surface area (Å²) in [6, 6.07) is 12.8. The van der Waals surface area contributed by atoms with Crippen LogP contribution in [-0.2, 0) is 20.2 Å². The highest BCUT2D eigenvalue weighted by atomic mass is 32.2. The summed E-state index contributed by atoms with van der Waals surface area (Å²) in [5, 5.41) is 12.0. The minimum Gasteiger partial charge on any atom is -0.507 e. The predicted molar refractivity (Wildman–Crippen MR) is 98.5 cm³/mol. The van der Waals surface area contributed by atoms with Crippen LogP contribution < -0.4 is 5.32 Å². The van der Waals surface area contributed by atoms with Crippen LogP contribution in [0.1, 0.15) is 10.4 Å². The summed E-state index contributed by atoms with van der Waals surface area (Å²) >= 11 is 0. The highest BCUT2D eigenvalue weighted by Crippen LogP contribution is 2.37. The van der Waals surface area contributed by atoms with E-state index in [1.165, 1.54) is 12.1 Å². The topological polar surface area (TPSA) is 158 Å². The molecule has 11 heteroatoms. The number of carbonyl (C=O) groups is 1. The molecule has 0 atom stereocenters. The number of hydrogen-bond acceptors (Lipinski definition) is 6. The number of hydrogen-bond donors (Lipinski definition) is 4. The van der Waals surface area contributed by atoms with Crippen LogP contribution in [0, 0.1) is 6.07 Å². The lowest BCUT2D eigenvalue weighted by molar-refractivity contribution is 0.102. The summed E-state index contributed by atoms with van der Waals surface area (Å²) in [5.74, 6) is -1.43. The highest BCUT2D eigenvalue weighted by Gasteiger charge is 2.23. The zero-order valence-corrected chi connectivity index (χ0v) is 15.5. The molecule has 0 aliphatic carbocycles. The van der Waals surface area contributed by atoms with E-state index >= 15 is 0 Å². The number of aromatic hydroxyl groups is 1. The van der Waals surface area contributed by atoms with Crippen molar-refractivity contribution in [3.05, 3.63) is 60.2 Å². The molecule has 0 saturated heterocycles. The lowest BCUT2D eigenvalue weighted by atomic mass is 10.1. The Labute approximate surface area is 159 Å². The van der Waals surface area contributed by atoms with Gasteiger partial charge in [-0.2, -0.15) is 16.8 Å². The zero-order valence-electron chi connectivity index (χ0n) is 13.8. The number of fused-ring (bicyclic) bond motifs is 1. The van der Waals surface area contributed by atoms with E-state index in [1.807, 2.05) is 6.07 Å². The van der Waals surface area contributed by atoms with Gasteiger partial charge in [-0.1, -0.05) is 18.2 Å². The quantitative estimate of drug-likeness (QED) is 0.465. The molecular weight excluding hydrogens is 410 g/mol. The number of nitrogens with one attached hydrogen (secondary N) is 1. The van der Waals surface area contributed by atoms with E-state index in [9.17, 15) is 35.8 Å². The van der Waals surface area contributed by atoms with Crippen LogP contribution in [0.3, 0.4) is 0 Å². The third-order valence-corrected chi connectivity index (χ3v) is 5.49. The van der Waals surface area contributed by atoms with E-state index in [0.717, 1.165) is 12.1 Å². The first-order valence-corrected chi connectivity index (χ1v) is 10.4. The molecule has 0 fully saturated rings. The maximum Gasteiger partial charge on any atom is 0.295 e. The van der Waals surface area contributed by atoms with E-state index < -0.39 is 47.1 Å². The number of carbonyl (C=O) groups excluding carboxylic acids is 1. The summed E-state index contributed by atoms with van der Waals surface area (Å²) in [6.45, 7) is 0. The molecule has 1 amide bonds. The van der Waals surface area contributed by atoms with Gasteiger partial charge in [-0.3, -0.25) is 13.9 Å². The van der Waals surface area contributed by atoms with Crippen LogP contribution in [0.15, 0.2) is 58.3 Å². The molecule has 145 valence electrons. The van der Waals surface area contributed by atoms with E-state index in [0.29, 0.717) is 6.07 Å². The Morgan fingerprint density at radius 2 is 1.57 bits per heavy atom. The average Bonchev–Trinajstić information content (AvgIpc) is 2.60. The van der Waals surface area contributed by atoms with Crippen molar-refractivity contribution in [3.8, 4) is 5.75 Å². The molecule has 3 aromatic rings. The number of phenolic OH excluding ortho intramolecular Hbond substituents is 1. The Morgan fingerprint density at radius 1 is 0.929 bits per heavy atom. The zero-order chi connectivity index (χ0) is 20.7. The maximum absolute atomic E-state index is 12.4. The lowest BCUT2D eigenvalue weighted by Crippen LogP contribution is -2.12. The fraction of sp³-hybridized carbons (Fsp3) is 0. The minimum atomic E-state index is -4.84. The van der Waals surface area contributed by atoms with E-state index in [4.69, 9.17) is 0 Å². The SMILES string of the molecule is O=C(Nc1ccc(S(=O)(=O)O)c2cc(S(=O)(=O)O)[c]c(O)c12)c1ccccc1. The largest absolute Gasteiger partial charge is 0.507 e. The van der Waals surface area contributed by atoms with Gasteiger partial charge in [-0.05, 0) is 30.3 Å². The Bertz CT molecular complexity index is 1300. The van der Waals surface area contributed by atoms with Gasteiger partial charge in [-0.25, -0.2) is 0 Å². The molecule has 28 heavy (non-hydrogen) atoms. The molecule has 0 heterocycles. The van der Waals surface area contributed by atoms with Crippen LogP contribution >= 0.6 is 0 Å². The van der Waals surface area contributed by atoms with Crippen LogP contribution in [-0.4, -0.2) is 37.0 Å². The molecule has 3 rings (SSSR count). The second-order valence-corrected chi connectivity index (χ2v) is 8.43. The number of amides is 1. The van der Waals surface area contributed by atoms with Crippen molar-refractivity contribution in [2.45, 2.75) is 9.79 Å². The molecule has 0 aliphatic rings. The van der Waals surface area contributed by atoms with Crippen LogP contribution in [0.2, 0.25) is 0 Å². The molecule has 0 saturated carbocycles. The van der Waals surface area contributed by atoms with Gasteiger partial charge < -0.3 is 10.4 Å². The first-order valence-electron chi connectivity index (χ1n) is 7.52. The van der Waals surface area contributed by atoms with Gasteiger partial charge in [0.25, 0.3) is 26.1 Å². The molecule has 1 radical (unpaired) electrons. The second-order valence-electron chi connectivity index (χ2n) is 5.65. The van der Waals surface area contributed by atoms with Crippen LogP contribution in [0.25, 0.3) is 10.8 Å². The van der Waals surface area contributed by atoms with Gasteiger partial charge in [0.2, 0.25) is 0 Å². The van der Waals surface area contributed by atoms with Crippen molar-refractivity contribution >= 4 is 42.6 Å². The predicted octanol–water partition coefficient (Wildman–Crippen LogP) is 2.09. The van der Waals surface area contributed by atoms with Gasteiger partial charge in [-0.15, -0.1) is 0 Å². The summed E-state index contributed by atoms with van der Waals surface area (Å²) < 4.78 is 64.6. The molecule has 9 nitrogen and oxygen atoms in total. The third kappa shape index (κ3) is 3.82. The van der Waals surface area contributed by atoms with Crippen molar-refractivity contribution in [1.82, 2.24) is 0 Å². The van der Waals surface area contributed by atoms with Crippen LogP contribution in [0.4, 0.5) is 5.69 Å². The fourth-order valence-corrected chi connectivity index (χ4v) is 3.77. The lowest BCUT2D eigenvalue weighted by Gasteiger charge is -2.13. The molecule has 4 N–H and O–H groups in total. The standard InChI is InChI=1S/C17H12NO8S2/c19-14-9-11(27(21,22)23)8-12-15(28(24,25)26)7-6-13(16(12)14)18-17(20)10-4-2-1-3-5-10/h1-8,19H,(H,18,20)(H,21,22,23)(H,24,25,26). The summed E-state index contributed by atoms with van der Waals surface area (Å²) in [5.41, 5.74) is 0.208. The summed E-state index contributed by atoms with van der Waals surface area (Å²) in [4.78, 5) is 10.7. The molecule has 0 spiro atoms. The number of rotatable bonds is 4. The van der Waals surface area contributed by atoms with Gasteiger partial charge in [0.15, 0.2) is 0 Å². The highest BCUT2D eigenvalue weighted by molar-refractivity contribution is 7.86. The van der Waals surface area contributed by atoms with Gasteiger partial charge >= 0.3 is 0 Å². The Hall–Kier alpha value is -2.99. The Kier molecular flexibility index (Phi) is 4.85. The third-order valence-electron chi connectivity index (χ3n) is 3.80. The summed E-state index contributed by atoms with van der Waals surface area (Å²) in [7, 11) is -9.66. The molecule has 0 unspecified atom stereocenters. The van der Waals surface area contributed by atoms with E-state index in [1.54, 1.807) is 18.2 Å². The number of anilines is 1. The summed E-state index contributed by atoms with van der Waals surface area (Å²) in [6.07, 6.45) is 0. The fourth-order valence-electron chi connectivity index (χ4n) is 2.60. The first-order chi connectivity index (χ1) is 13.0. The molecule has 0 aliphatic heterocycles. The van der Waals surface area contributed by atoms with Crippen molar-refractivity contribution in [3.63, 3.8) is 0 Å². The average molecular weight is 422 g/mol. The van der Waals surface area contributed by atoms with Crippen molar-refractivity contribution in [2.24, 2.45) is 0 Å². The monoisotopic (exact) mass is 422 g/mol. The van der Waals surface area contributed by atoms with Crippen molar-refractivity contribution in [1.29, 1.82) is 0 Å². The Balaban J connectivity index is 2.27. The van der Waals surface area contributed by atoms with Gasteiger partial charge in [0.05, 0.1) is 11.8 Å². The normalized spacial score (nSPS) is 12.1. The molecule has 3 aromatic carbocycles. The molecule has 0 aromatic heterocycles. The molecule has 0 bridgehead atoms. The number of phenols is 1. The second kappa shape index (κ2) is 6.87. The van der Waals surface area contributed by atoms with Crippen LogP contribution in [0.5, 0.6) is 5.75 Å². The minimum absolute atomic E-state index is 0.0631. The molecular formula is C17H12NO8S2.